The Morgan fingerprint density at radius 3 is 2.38 bits per heavy atom. The standard InChI is InChI=1S/C18H28N4O2/c1-15(21-13-11-20(2)12-14-21)18(23)22-9-5-17(6-10-22)24-16-3-7-19-8-4-16/h3-4,7-8,15,17H,5-6,9-14H2,1-2H3/t15-/m0/s1. The number of pyridine rings is 1. The summed E-state index contributed by atoms with van der Waals surface area (Å²) in [6.07, 6.45) is 5.46. The predicted molar refractivity (Wildman–Crippen MR) is 93.0 cm³/mol. The van der Waals surface area contributed by atoms with E-state index < -0.39 is 0 Å². The first kappa shape index (κ1) is 17.2. The van der Waals surface area contributed by atoms with Crippen LogP contribution in [0, 0.1) is 0 Å². The average molecular weight is 332 g/mol. The molecule has 6 nitrogen and oxygen atoms in total. The van der Waals surface area contributed by atoms with Gasteiger partial charge in [-0.1, -0.05) is 0 Å². The molecule has 0 aromatic carbocycles. The number of carbonyl (C=O) groups excluding carboxylic acids is 1. The quantitative estimate of drug-likeness (QED) is 0.826. The molecular weight excluding hydrogens is 304 g/mol. The summed E-state index contributed by atoms with van der Waals surface area (Å²) in [6.45, 7) is 7.65. The van der Waals surface area contributed by atoms with Crippen molar-refractivity contribution in [2.75, 3.05) is 46.3 Å². The Morgan fingerprint density at radius 2 is 1.75 bits per heavy atom. The molecule has 1 aromatic heterocycles. The van der Waals surface area contributed by atoms with Crippen molar-refractivity contribution in [3.8, 4) is 5.75 Å². The highest BCUT2D eigenvalue weighted by Gasteiger charge is 2.30. The number of carbonyl (C=O) groups is 1. The molecule has 3 rings (SSSR count). The minimum absolute atomic E-state index is 0.0173. The minimum Gasteiger partial charge on any atom is -0.490 e. The molecule has 132 valence electrons. The largest absolute Gasteiger partial charge is 0.490 e. The molecule has 3 heterocycles. The van der Waals surface area contributed by atoms with Crippen molar-refractivity contribution in [2.45, 2.75) is 31.9 Å². The van der Waals surface area contributed by atoms with Gasteiger partial charge < -0.3 is 14.5 Å². The summed E-state index contributed by atoms with van der Waals surface area (Å²) >= 11 is 0. The van der Waals surface area contributed by atoms with Gasteiger partial charge in [-0.3, -0.25) is 14.7 Å². The van der Waals surface area contributed by atoms with Gasteiger partial charge in [0.15, 0.2) is 0 Å². The highest BCUT2D eigenvalue weighted by molar-refractivity contribution is 5.81. The molecule has 2 fully saturated rings. The second-order valence-corrected chi connectivity index (χ2v) is 6.84. The van der Waals surface area contributed by atoms with E-state index in [4.69, 9.17) is 4.74 Å². The Bertz CT molecular complexity index is 523. The number of hydrogen-bond donors (Lipinski definition) is 0. The number of piperidine rings is 1. The van der Waals surface area contributed by atoms with Crippen molar-refractivity contribution < 1.29 is 9.53 Å². The van der Waals surface area contributed by atoms with Crippen molar-refractivity contribution in [1.82, 2.24) is 19.7 Å². The maximum absolute atomic E-state index is 12.8. The van der Waals surface area contributed by atoms with Crippen LogP contribution in [0.4, 0.5) is 0 Å². The van der Waals surface area contributed by atoms with E-state index in [-0.39, 0.29) is 18.1 Å². The number of amides is 1. The zero-order valence-electron chi connectivity index (χ0n) is 14.7. The summed E-state index contributed by atoms with van der Waals surface area (Å²) in [5.74, 6) is 1.13. The molecule has 0 aliphatic carbocycles. The van der Waals surface area contributed by atoms with E-state index in [1.165, 1.54) is 0 Å². The van der Waals surface area contributed by atoms with Crippen molar-refractivity contribution in [2.24, 2.45) is 0 Å². The first-order chi connectivity index (χ1) is 11.6. The molecule has 24 heavy (non-hydrogen) atoms. The average Bonchev–Trinajstić information content (AvgIpc) is 2.63. The van der Waals surface area contributed by atoms with E-state index in [0.29, 0.717) is 0 Å². The fourth-order valence-electron chi connectivity index (χ4n) is 3.43. The number of ether oxygens (including phenoxy) is 1. The molecule has 2 saturated heterocycles. The van der Waals surface area contributed by atoms with Gasteiger partial charge >= 0.3 is 0 Å². The lowest BCUT2D eigenvalue weighted by molar-refractivity contribution is -0.138. The number of hydrogen-bond acceptors (Lipinski definition) is 5. The highest BCUT2D eigenvalue weighted by atomic mass is 16.5. The molecule has 0 unspecified atom stereocenters. The summed E-state index contributed by atoms with van der Waals surface area (Å²) in [6, 6.07) is 3.75. The molecule has 0 N–H and O–H groups in total. The van der Waals surface area contributed by atoms with E-state index in [1.54, 1.807) is 12.4 Å². The molecule has 2 aliphatic heterocycles. The van der Waals surface area contributed by atoms with Gasteiger partial charge in [-0.15, -0.1) is 0 Å². The van der Waals surface area contributed by atoms with Crippen LogP contribution >= 0.6 is 0 Å². The van der Waals surface area contributed by atoms with Crippen LogP contribution in [-0.4, -0.2) is 84.1 Å². The first-order valence-electron chi connectivity index (χ1n) is 8.91. The van der Waals surface area contributed by atoms with Gasteiger partial charge in [-0.25, -0.2) is 0 Å². The second kappa shape index (κ2) is 7.94. The Hall–Kier alpha value is -1.66. The summed E-state index contributed by atoms with van der Waals surface area (Å²) in [7, 11) is 2.14. The summed E-state index contributed by atoms with van der Waals surface area (Å²) < 4.78 is 5.98. The van der Waals surface area contributed by atoms with Crippen LogP contribution in [-0.2, 0) is 4.79 Å². The summed E-state index contributed by atoms with van der Waals surface area (Å²) in [5.41, 5.74) is 0. The molecule has 2 aliphatic rings. The third-order valence-corrected chi connectivity index (χ3v) is 5.15. The van der Waals surface area contributed by atoms with Gasteiger partial charge in [0.1, 0.15) is 11.9 Å². The minimum atomic E-state index is -0.0173. The Balaban J connectivity index is 1.46. The maximum atomic E-state index is 12.8. The van der Waals surface area contributed by atoms with Gasteiger partial charge in [-0.05, 0) is 26.1 Å². The van der Waals surface area contributed by atoms with Crippen molar-refractivity contribution in [3.63, 3.8) is 0 Å². The van der Waals surface area contributed by atoms with Crippen LogP contribution in [0.25, 0.3) is 0 Å². The maximum Gasteiger partial charge on any atom is 0.239 e. The lowest BCUT2D eigenvalue weighted by Crippen LogP contribution is -2.55. The lowest BCUT2D eigenvalue weighted by atomic mass is 10.1. The number of rotatable bonds is 4. The molecular formula is C18H28N4O2. The van der Waals surface area contributed by atoms with Crippen LogP contribution < -0.4 is 4.74 Å². The van der Waals surface area contributed by atoms with Crippen molar-refractivity contribution in [1.29, 1.82) is 0 Å². The predicted octanol–water partition coefficient (Wildman–Crippen LogP) is 1.09. The Kier molecular flexibility index (Phi) is 5.68. The van der Waals surface area contributed by atoms with Gasteiger partial charge in [0.2, 0.25) is 5.91 Å². The van der Waals surface area contributed by atoms with Crippen LogP contribution in [0.2, 0.25) is 0 Å². The molecule has 1 aromatic rings. The molecule has 0 bridgehead atoms. The third-order valence-electron chi connectivity index (χ3n) is 5.15. The number of piperazine rings is 1. The van der Waals surface area contributed by atoms with Gasteiger partial charge in [0.05, 0.1) is 6.04 Å². The van der Waals surface area contributed by atoms with Crippen LogP contribution in [0.1, 0.15) is 19.8 Å². The molecule has 0 radical (unpaired) electrons. The van der Waals surface area contributed by atoms with E-state index in [2.05, 4.69) is 21.8 Å². The molecule has 0 saturated carbocycles. The van der Waals surface area contributed by atoms with E-state index in [9.17, 15) is 4.79 Å². The topological polar surface area (TPSA) is 48.9 Å². The van der Waals surface area contributed by atoms with Gasteiger partial charge in [0, 0.05) is 64.5 Å². The number of likely N-dealkylation sites (tertiary alicyclic amines) is 1. The summed E-state index contributed by atoms with van der Waals surface area (Å²) in [5, 5.41) is 0. The second-order valence-electron chi connectivity index (χ2n) is 6.84. The fourth-order valence-corrected chi connectivity index (χ4v) is 3.43. The SMILES string of the molecule is C[C@@H](C(=O)N1CCC(Oc2ccncc2)CC1)N1CCN(C)CC1. The smallest absolute Gasteiger partial charge is 0.239 e. The number of likely N-dealkylation sites (N-methyl/N-ethyl adjacent to an activating group) is 1. The Labute approximate surface area is 144 Å². The molecule has 6 heteroatoms. The van der Waals surface area contributed by atoms with Crippen LogP contribution in [0.3, 0.4) is 0 Å². The van der Waals surface area contributed by atoms with Crippen molar-refractivity contribution in [3.05, 3.63) is 24.5 Å². The van der Waals surface area contributed by atoms with Crippen LogP contribution in [0.5, 0.6) is 5.75 Å². The molecule has 1 atom stereocenters. The zero-order valence-corrected chi connectivity index (χ0v) is 14.7. The molecule has 0 spiro atoms. The van der Waals surface area contributed by atoms with E-state index in [1.807, 2.05) is 24.0 Å². The van der Waals surface area contributed by atoms with Crippen LogP contribution in [0.15, 0.2) is 24.5 Å². The van der Waals surface area contributed by atoms with Gasteiger partial charge in [-0.2, -0.15) is 0 Å². The van der Waals surface area contributed by atoms with E-state index >= 15 is 0 Å². The third kappa shape index (κ3) is 4.24. The summed E-state index contributed by atoms with van der Waals surface area (Å²) in [4.78, 5) is 23.4. The highest BCUT2D eigenvalue weighted by Crippen LogP contribution is 2.19. The zero-order chi connectivity index (χ0) is 16.9. The first-order valence-corrected chi connectivity index (χ1v) is 8.91. The van der Waals surface area contributed by atoms with E-state index in [0.717, 1.165) is 57.9 Å². The fraction of sp³-hybridized carbons (Fsp3) is 0.667. The Morgan fingerprint density at radius 1 is 1.12 bits per heavy atom. The number of aromatic nitrogens is 1. The van der Waals surface area contributed by atoms with Crippen molar-refractivity contribution >= 4 is 5.91 Å². The molecule has 1 amide bonds. The monoisotopic (exact) mass is 332 g/mol. The van der Waals surface area contributed by atoms with Gasteiger partial charge in [0.25, 0.3) is 0 Å². The number of nitrogens with zero attached hydrogens (tertiary/aromatic N) is 4. The lowest BCUT2D eigenvalue weighted by Gasteiger charge is -2.39. The normalized spacial score (nSPS) is 22.3.